The van der Waals surface area contributed by atoms with Gasteiger partial charge in [0.05, 0.1) is 53.1 Å². The average Bonchev–Trinajstić information content (AvgIpc) is 3.26. The topological polar surface area (TPSA) is 149 Å². The largest absolute Gasteiger partial charge is 0.780 e. The summed E-state index contributed by atoms with van der Waals surface area (Å²) in [4.78, 5) is 22.5. The normalized spacial score (nSPS) is 11.1. The van der Waals surface area contributed by atoms with E-state index in [0.29, 0.717) is 34.2 Å². The van der Waals surface area contributed by atoms with E-state index in [-0.39, 0.29) is 17.2 Å². The van der Waals surface area contributed by atoms with Gasteiger partial charge in [-0.2, -0.15) is 0 Å². The Balaban J connectivity index is 2.20. The van der Waals surface area contributed by atoms with Gasteiger partial charge in [0, 0.05) is 17.7 Å². The van der Waals surface area contributed by atoms with E-state index in [0.717, 1.165) is 0 Å². The molecule has 0 atom stereocenters. The molecule has 0 aliphatic heterocycles. The van der Waals surface area contributed by atoms with Crippen molar-refractivity contribution in [3.63, 3.8) is 0 Å². The van der Waals surface area contributed by atoms with E-state index in [1.54, 1.807) is 18.2 Å². The van der Waals surface area contributed by atoms with Crippen LogP contribution >= 0.6 is 7.82 Å². The Hall–Kier alpha value is -3.47. The van der Waals surface area contributed by atoms with Crippen molar-refractivity contribution in [2.75, 3.05) is 35.5 Å². The minimum absolute atomic E-state index is 0.0602. The predicted octanol–water partition coefficient (Wildman–Crippen LogP) is 1.18. The van der Waals surface area contributed by atoms with E-state index in [2.05, 4.69) is 14.8 Å². The molecule has 0 bridgehead atoms. The zero-order chi connectivity index (χ0) is 23.5. The van der Waals surface area contributed by atoms with Crippen LogP contribution < -0.4 is 38.0 Å². The summed E-state index contributed by atoms with van der Waals surface area (Å²) in [5.41, 5.74) is 1.30. The number of methoxy groups -OCH3 is 5. The summed E-state index contributed by atoms with van der Waals surface area (Å²) in [6, 6.07) is 6.17. The van der Waals surface area contributed by atoms with Gasteiger partial charge in [-0.3, -0.25) is 0 Å². The van der Waals surface area contributed by atoms with Crippen molar-refractivity contribution in [3.05, 3.63) is 30.5 Å². The molecule has 0 unspecified atom stereocenters. The predicted molar refractivity (Wildman–Crippen MR) is 108 cm³/mol. The highest BCUT2D eigenvalue weighted by Gasteiger charge is 2.21. The van der Waals surface area contributed by atoms with Crippen LogP contribution in [0.5, 0.6) is 34.5 Å². The number of aromatic nitrogens is 3. The Labute approximate surface area is 183 Å². The number of benzene rings is 2. The second-order valence-corrected chi connectivity index (χ2v) is 7.24. The van der Waals surface area contributed by atoms with Gasteiger partial charge in [0.1, 0.15) is 7.82 Å². The molecule has 3 aromatic rings. The molecule has 0 N–H and O–H groups in total. The van der Waals surface area contributed by atoms with Crippen LogP contribution in [0.15, 0.2) is 30.5 Å². The molecule has 13 heteroatoms. The maximum atomic E-state index is 11.2. The van der Waals surface area contributed by atoms with E-state index in [9.17, 15) is 14.4 Å². The Morgan fingerprint density at radius 2 is 1.28 bits per heavy atom. The van der Waals surface area contributed by atoms with Crippen molar-refractivity contribution in [3.8, 4) is 51.4 Å². The number of phosphoric ester groups is 1. The maximum absolute atomic E-state index is 11.2. The standard InChI is InChI=1S/C19H22N3O9P/c1-26-14-6-11(7-17(19(14)30-5)31-32(23,24)25)13-10-20-21-22(13)12-8-15(27-2)18(29-4)16(9-12)28-3/h6-10H,1-5H3,(H2,23,24,25)/p-2. The summed E-state index contributed by atoms with van der Waals surface area (Å²) in [6.45, 7) is 0. The summed E-state index contributed by atoms with van der Waals surface area (Å²) in [6.07, 6.45) is 1.43. The summed E-state index contributed by atoms with van der Waals surface area (Å²) in [5.74, 6) is 0.898. The van der Waals surface area contributed by atoms with Crippen molar-refractivity contribution in [2.45, 2.75) is 0 Å². The first-order valence-corrected chi connectivity index (χ1v) is 10.4. The minimum atomic E-state index is -5.38. The van der Waals surface area contributed by atoms with E-state index >= 15 is 0 Å². The third-order valence-electron chi connectivity index (χ3n) is 4.39. The first-order valence-electron chi connectivity index (χ1n) is 8.95. The van der Waals surface area contributed by atoms with Gasteiger partial charge in [-0.1, -0.05) is 5.21 Å². The summed E-state index contributed by atoms with van der Waals surface area (Å²) in [7, 11) is 1.70. The van der Waals surface area contributed by atoms with Crippen molar-refractivity contribution in [2.24, 2.45) is 0 Å². The molecule has 0 radical (unpaired) electrons. The Bertz CT molecular complexity index is 1130. The molecule has 0 saturated heterocycles. The molecule has 0 saturated carbocycles. The maximum Gasteiger partial charge on any atom is 0.203 e. The van der Waals surface area contributed by atoms with Crippen LogP contribution in [0.25, 0.3) is 16.9 Å². The van der Waals surface area contributed by atoms with Crippen LogP contribution in [-0.2, 0) is 4.57 Å². The number of hydrogen-bond donors (Lipinski definition) is 0. The molecule has 32 heavy (non-hydrogen) atoms. The van der Waals surface area contributed by atoms with Gasteiger partial charge >= 0.3 is 0 Å². The second kappa shape index (κ2) is 9.35. The smallest absolute Gasteiger partial charge is 0.203 e. The molecule has 1 aromatic heterocycles. The molecule has 1 heterocycles. The van der Waals surface area contributed by atoms with Gasteiger partial charge in [-0.05, 0) is 12.1 Å². The van der Waals surface area contributed by atoms with Crippen LogP contribution in [0.1, 0.15) is 0 Å². The van der Waals surface area contributed by atoms with Crippen LogP contribution in [0.4, 0.5) is 0 Å². The molecular formula is C19H20N3O9P-2. The number of ether oxygens (including phenoxy) is 5. The SMILES string of the molecule is COc1cc(-n2nncc2-c2cc(OC)c(OC)c(OP(=O)([O-])[O-])c2)cc(OC)c1OC. The highest BCUT2D eigenvalue weighted by molar-refractivity contribution is 7.43. The van der Waals surface area contributed by atoms with Crippen LogP contribution in [-0.4, -0.2) is 50.5 Å². The van der Waals surface area contributed by atoms with E-state index in [1.165, 1.54) is 52.5 Å². The van der Waals surface area contributed by atoms with Crippen LogP contribution in [0.3, 0.4) is 0 Å². The molecule has 0 spiro atoms. The summed E-state index contributed by atoms with van der Waals surface area (Å²) >= 11 is 0. The quantitative estimate of drug-likeness (QED) is 0.419. The monoisotopic (exact) mass is 465 g/mol. The molecule has 0 fully saturated rings. The van der Waals surface area contributed by atoms with Gasteiger partial charge < -0.3 is 42.6 Å². The van der Waals surface area contributed by atoms with E-state index in [4.69, 9.17) is 23.7 Å². The molecule has 3 rings (SSSR count). The average molecular weight is 465 g/mol. The van der Waals surface area contributed by atoms with Gasteiger partial charge in [-0.15, -0.1) is 5.10 Å². The lowest BCUT2D eigenvalue weighted by molar-refractivity contribution is -0.333. The van der Waals surface area contributed by atoms with E-state index in [1.807, 2.05) is 0 Å². The molecule has 172 valence electrons. The molecule has 0 amide bonds. The Morgan fingerprint density at radius 3 is 1.78 bits per heavy atom. The van der Waals surface area contributed by atoms with Gasteiger partial charge in [0.2, 0.25) is 11.5 Å². The molecule has 0 aliphatic rings. The summed E-state index contributed by atoms with van der Waals surface area (Å²) in [5, 5.41) is 8.03. The fraction of sp³-hybridized carbons (Fsp3) is 0.263. The minimum Gasteiger partial charge on any atom is -0.780 e. The molecule has 12 nitrogen and oxygen atoms in total. The lowest BCUT2D eigenvalue weighted by atomic mass is 10.1. The molecule has 2 aromatic carbocycles. The Kier molecular flexibility index (Phi) is 6.78. The lowest BCUT2D eigenvalue weighted by Gasteiger charge is -2.30. The number of phosphoric acid groups is 1. The molecule has 0 aliphatic carbocycles. The van der Waals surface area contributed by atoms with Gasteiger partial charge in [0.15, 0.2) is 23.0 Å². The second-order valence-electron chi connectivity index (χ2n) is 6.16. The van der Waals surface area contributed by atoms with Gasteiger partial charge in [-0.25, -0.2) is 4.68 Å². The number of nitrogens with zero attached hydrogens (tertiary/aromatic N) is 3. The van der Waals surface area contributed by atoms with Crippen molar-refractivity contribution in [1.29, 1.82) is 0 Å². The third-order valence-corrected chi connectivity index (χ3v) is 4.81. The number of hydrogen-bond acceptors (Lipinski definition) is 11. The first-order chi connectivity index (χ1) is 15.3. The Morgan fingerprint density at radius 1 is 0.781 bits per heavy atom. The van der Waals surface area contributed by atoms with E-state index < -0.39 is 7.82 Å². The fourth-order valence-corrected chi connectivity index (χ4v) is 3.45. The zero-order valence-electron chi connectivity index (χ0n) is 17.8. The van der Waals surface area contributed by atoms with Gasteiger partial charge in [0.25, 0.3) is 0 Å². The van der Waals surface area contributed by atoms with Crippen LogP contribution in [0.2, 0.25) is 0 Å². The zero-order valence-corrected chi connectivity index (χ0v) is 18.7. The van der Waals surface area contributed by atoms with Crippen molar-refractivity contribution < 1.29 is 42.6 Å². The third kappa shape index (κ3) is 4.57. The number of rotatable bonds is 9. The van der Waals surface area contributed by atoms with Crippen molar-refractivity contribution in [1.82, 2.24) is 15.0 Å². The first kappa shape index (κ1) is 23.2. The molecular weight excluding hydrogens is 445 g/mol. The van der Waals surface area contributed by atoms with Crippen LogP contribution in [0, 0.1) is 0 Å². The lowest BCUT2D eigenvalue weighted by Crippen LogP contribution is -2.19. The highest BCUT2D eigenvalue weighted by Crippen LogP contribution is 2.46. The summed E-state index contributed by atoms with van der Waals surface area (Å²) < 4.78 is 43.8. The highest BCUT2D eigenvalue weighted by atomic mass is 31.2. The van der Waals surface area contributed by atoms with Crippen molar-refractivity contribution >= 4 is 7.82 Å². The fourth-order valence-electron chi connectivity index (χ4n) is 3.08.